The third-order valence-corrected chi connectivity index (χ3v) is 3.79. The summed E-state index contributed by atoms with van der Waals surface area (Å²) in [7, 11) is 0. The molecule has 0 saturated carbocycles. The van der Waals surface area contributed by atoms with Gasteiger partial charge in [0.05, 0.1) is 0 Å². The largest absolute Gasteiger partial charge is 0.398 e. The zero-order valence-corrected chi connectivity index (χ0v) is 9.40. The van der Waals surface area contributed by atoms with Gasteiger partial charge in [-0.2, -0.15) is 0 Å². The van der Waals surface area contributed by atoms with Crippen LogP contribution in [0.25, 0.3) is 0 Å². The van der Waals surface area contributed by atoms with E-state index < -0.39 is 0 Å². The number of halogens is 1. The molecule has 0 atom stereocenters. The van der Waals surface area contributed by atoms with Crippen molar-refractivity contribution in [2.75, 3.05) is 5.73 Å². The summed E-state index contributed by atoms with van der Waals surface area (Å²) in [6.45, 7) is 4.27. The van der Waals surface area contributed by atoms with Crippen LogP contribution in [0.15, 0.2) is 23.1 Å². The first-order valence-electron chi connectivity index (χ1n) is 4.89. The Labute approximate surface area is 88.9 Å². The van der Waals surface area contributed by atoms with Crippen molar-refractivity contribution in [3.05, 3.63) is 24.0 Å². The maximum atomic E-state index is 12.9. The molecule has 0 unspecified atom stereocenters. The standard InChI is InChI=1S/C11H16FNS/c1-3-9(4-2)14-11-7-8(12)5-6-10(11)13/h5-7,9H,3-4,13H2,1-2H3. The van der Waals surface area contributed by atoms with E-state index in [0.29, 0.717) is 10.9 Å². The molecule has 0 radical (unpaired) electrons. The number of anilines is 1. The second-order valence-electron chi connectivity index (χ2n) is 3.24. The molecule has 1 nitrogen and oxygen atoms in total. The van der Waals surface area contributed by atoms with Crippen LogP contribution in [0.4, 0.5) is 10.1 Å². The van der Waals surface area contributed by atoms with Gasteiger partial charge in [-0.3, -0.25) is 0 Å². The molecule has 1 rings (SSSR count). The minimum absolute atomic E-state index is 0.215. The molecule has 78 valence electrons. The van der Waals surface area contributed by atoms with Crippen molar-refractivity contribution in [1.82, 2.24) is 0 Å². The predicted molar refractivity (Wildman–Crippen MR) is 61.0 cm³/mol. The molecular formula is C11H16FNS. The second kappa shape index (κ2) is 5.25. The van der Waals surface area contributed by atoms with Crippen LogP contribution in [-0.4, -0.2) is 5.25 Å². The fourth-order valence-corrected chi connectivity index (χ4v) is 2.32. The van der Waals surface area contributed by atoms with Gasteiger partial charge in [0, 0.05) is 15.8 Å². The summed E-state index contributed by atoms with van der Waals surface area (Å²) < 4.78 is 12.9. The van der Waals surface area contributed by atoms with Crippen molar-refractivity contribution in [3.63, 3.8) is 0 Å². The summed E-state index contributed by atoms with van der Waals surface area (Å²) in [6, 6.07) is 4.53. The first kappa shape index (κ1) is 11.4. The number of rotatable bonds is 4. The van der Waals surface area contributed by atoms with Crippen LogP contribution in [0.2, 0.25) is 0 Å². The molecule has 0 spiro atoms. The lowest BCUT2D eigenvalue weighted by molar-refractivity contribution is 0.624. The molecule has 1 aromatic carbocycles. The molecular weight excluding hydrogens is 197 g/mol. The van der Waals surface area contributed by atoms with Crippen LogP contribution in [0.1, 0.15) is 26.7 Å². The van der Waals surface area contributed by atoms with Crippen LogP contribution in [-0.2, 0) is 0 Å². The van der Waals surface area contributed by atoms with Crippen molar-refractivity contribution in [2.45, 2.75) is 36.8 Å². The molecule has 3 heteroatoms. The van der Waals surface area contributed by atoms with Gasteiger partial charge in [0.1, 0.15) is 5.82 Å². The van der Waals surface area contributed by atoms with Gasteiger partial charge in [0.2, 0.25) is 0 Å². The van der Waals surface area contributed by atoms with E-state index in [9.17, 15) is 4.39 Å². The van der Waals surface area contributed by atoms with E-state index in [1.807, 2.05) is 0 Å². The average molecular weight is 213 g/mol. The fraction of sp³-hybridized carbons (Fsp3) is 0.455. The zero-order valence-electron chi connectivity index (χ0n) is 8.59. The van der Waals surface area contributed by atoms with Gasteiger partial charge in [0.15, 0.2) is 0 Å². The minimum Gasteiger partial charge on any atom is -0.398 e. The Morgan fingerprint density at radius 3 is 2.57 bits per heavy atom. The molecule has 0 aliphatic rings. The molecule has 0 heterocycles. The lowest BCUT2D eigenvalue weighted by Gasteiger charge is -2.13. The quantitative estimate of drug-likeness (QED) is 0.609. The molecule has 0 fully saturated rings. The van der Waals surface area contributed by atoms with Crippen molar-refractivity contribution >= 4 is 17.4 Å². The molecule has 0 aromatic heterocycles. The van der Waals surface area contributed by atoms with E-state index in [0.717, 1.165) is 17.7 Å². The maximum absolute atomic E-state index is 12.9. The van der Waals surface area contributed by atoms with E-state index in [-0.39, 0.29) is 5.82 Å². The van der Waals surface area contributed by atoms with Crippen molar-refractivity contribution in [3.8, 4) is 0 Å². The van der Waals surface area contributed by atoms with Crippen LogP contribution in [0, 0.1) is 5.82 Å². The Hall–Kier alpha value is -0.700. The topological polar surface area (TPSA) is 26.0 Å². The maximum Gasteiger partial charge on any atom is 0.124 e. The Morgan fingerprint density at radius 2 is 2.00 bits per heavy atom. The summed E-state index contributed by atoms with van der Waals surface area (Å²) in [4.78, 5) is 0.860. The van der Waals surface area contributed by atoms with Crippen molar-refractivity contribution < 1.29 is 4.39 Å². The number of nitrogen functional groups attached to an aromatic ring is 1. The third-order valence-electron chi connectivity index (χ3n) is 2.18. The first-order valence-corrected chi connectivity index (χ1v) is 5.77. The Balaban J connectivity index is 2.79. The van der Waals surface area contributed by atoms with Gasteiger partial charge in [-0.15, -0.1) is 11.8 Å². The normalized spacial score (nSPS) is 10.9. The average Bonchev–Trinajstić information content (AvgIpc) is 2.19. The monoisotopic (exact) mass is 213 g/mol. The van der Waals surface area contributed by atoms with E-state index >= 15 is 0 Å². The van der Waals surface area contributed by atoms with Crippen molar-refractivity contribution in [2.24, 2.45) is 0 Å². The lowest BCUT2D eigenvalue weighted by Crippen LogP contribution is -1.99. The lowest BCUT2D eigenvalue weighted by atomic mass is 10.3. The van der Waals surface area contributed by atoms with Crippen LogP contribution in [0.3, 0.4) is 0 Å². The molecule has 0 aliphatic carbocycles. The Morgan fingerprint density at radius 1 is 1.36 bits per heavy atom. The van der Waals surface area contributed by atoms with Gasteiger partial charge in [-0.25, -0.2) is 4.39 Å². The first-order chi connectivity index (χ1) is 6.67. The molecule has 1 aromatic rings. The van der Waals surface area contributed by atoms with E-state index in [4.69, 9.17) is 5.73 Å². The number of hydrogen-bond acceptors (Lipinski definition) is 2. The van der Waals surface area contributed by atoms with Crippen LogP contribution >= 0.6 is 11.8 Å². The van der Waals surface area contributed by atoms with E-state index in [2.05, 4.69) is 13.8 Å². The molecule has 0 saturated heterocycles. The van der Waals surface area contributed by atoms with Crippen LogP contribution < -0.4 is 5.73 Å². The zero-order chi connectivity index (χ0) is 10.6. The molecule has 14 heavy (non-hydrogen) atoms. The second-order valence-corrected chi connectivity index (χ2v) is 4.58. The highest BCUT2D eigenvalue weighted by atomic mass is 32.2. The molecule has 0 aliphatic heterocycles. The van der Waals surface area contributed by atoms with E-state index in [1.54, 1.807) is 17.8 Å². The van der Waals surface area contributed by atoms with Gasteiger partial charge in [-0.1, -0.05) is 13.8 Å². The highest BCUT2D eigenvalue weighted by Crippen LogP contribution is 2.32. The highest BCUT2D eigenvalue weighted by Gasteiger charge is 2.08. The highest BCUT2D eigenvalue weighted by molar-refractivity contribution is 8.00. The van der Waals surface area contributed by atoms with Gasteiger partial charge in [-0.05, 0) is 31.0 Å². The SMILES string of the molecule is CCC(CC)Sc1cc(F)ccc1N. The Kier molecular flexibility index (Phi) is 4.26. The van der Waals surface area contributed by atoms with Gasteiger partial charge in [0.25, 0.3) is 0 Å². The van der Waals surface area contributed by atoms with Gasteiger partial charge >= 0.3 is 0 Å². The summed E-state index contributed by atoms with van der Waals surface area (Å²) >= 11 is 1.66. The summed E-state index contributed by atoms with van der Waals surface area (Å²) in [6.07, 6.45) is 2.16. The van der Waals surface area contributed by atoms with E-state index in [1.165, 1.54) is 12.1 Å². The Bertz CT molecular complexity index is 297. The summed E-state index contributed by atoms with van der Waals surface area (Å²) in [5, 5.41) is 0.527. The molecule has 0 amide bonds. The van der Waals surface area contributed by atoms with Gasteiger partial charge < -0.3 is 5.73 Å². The predicted octanol–water partition coefficient (Wildman–Crippen LogP) is 3.69. The van der Waals surface area contributed by atoms with Crippen molar-refractivity contribution in [1.29, 1.82) is 0 Å². The summed E-state index contributed by atoms with van der Waals surface area (Å²) in [5.41, 5.74) is 6.43. The number of benzene rings is 1. The smallest absolute Gasteiger partial charge is 0.124 e. The summed E-state index contributed by atoms with van der Waals surface area (Å²) in [5.74, 6) is -0.215. The fourth-order valence-electron chi connectivity index (χ4n) is 1.25. The molecule has 0 bridgehead atoms. The van der Waals surface area contributed by atoms with Crippen LogP contribution in [0.5, 0.6) is 0 Å². The minimum atomic E-state index is -0.215. The third kappa shape index (κ3) is 2.91. The number of nitrogens with two attached hydrogens (primary N) is 1. The number of thioether (sulfide) groups is 1. The number of hydrogen-bond donors (Lipinski definition) is 1. The molecule has 2 N–H and O–H groups in total.